The molecule has 0 aliphatic carbocycles. The third-order valence-electron chi connectivity index (χ3n) is 3.83. The van der Waals surface area contributed by atoms with E-state index in [0.29, 0.717) is 0 Å². The summed E-state index contributed by atoms with van der Waals surface area (Å²) >= 11 is 5.95. The molecule has 1 heterocycles. The van der Waals surface area contributed by atoms with E-state index < -0.39 is 18.1 Å². The quantitative estimate of drug-likeness (QED) is 0.794. The topological polar surface area (TPSA) is 23.6 Å². The molecule has 0 saturated carbocycles. The van der Waals surface area contributed by atoms with E-state index in [-0.39, 0.29) is 29.7 Å². The van der Waals surface area contributed by atoms with Crippen molar-refractivity contribution in [1.29, 1.82) is 0 Å². The smallest absolute Gasteiger partial charge is 0.335 e. The molecule has 0 spiro atoms. The van der Waals surface area contributed by atoms with Crippen molar-refractivity contribution in [2.24, 2.45) is 0 Å². The molecule has 2 atom stereocenters. The predicted molar refractivity (Wildman–Crippen MR) is 74.4 cm³/mol. The van der Waals surface area contributed by atoms with Gasteiger partial charge in [0.25, 0.3) is 5.91 Å². The van der Waals surface area contributed by atoms with Crippen molar-refractivity contribution in [3.63, 3.8) is 0 Å². The van der Waals surface area contributed by atoms with Gasteiger partial charge in [0.2, 0.25) is 0 Å². The van der Waals surface area contributed by atoms with Gasteiger partial charge < -0.3 is 4.90 Å². The van der Waals surface area contributed by atoms with Gasteiger partial charge in [-0.1, -0.05) is 23.7 Å². The number of hydrogen-bond acceptors (Lipinski definition) is 2. The summed E-state index contributed by atoms with van der Waals surface area (Å²) in [5.74, 6) is -0.463. The Labute approximate surface area is 126 Å². The maximum atomic E-state index is 13.1. The molecule has 116 valence electrons. The third kappa shape index (κ3) is 3.32. The van der Waals surface area contributed by atoms with Crippen LogP contribution in [-0.2, 0) is 0 Å². The molecule has 2 rings (SSSR count). The summed E-state index contributed by atoms with van der Waals surface area (Å²) in [7, 11) is 1.43. The van der Waals surface area contributed by atoms with Gasteiger partial charge in [-0.3, -0.25) is 9.69 Å². The summed E-state index contributed by atoms with van der Waals surface area (Å²) in [6.45, 7) is 1.53. The molecule has 1 amide bonds. The van der Waals surface area contributed by atoms with E-state index in [2.05, 4.69) is 0 Å². The van der Waals surface area contributed by atoms with Crippen LogP contribution in [0, 0.1) is 0 Å². The second kappa shape index (κ2) is 5.85. The fourth-order valence-electron chi connectivity index (χ4n) is 2.47. The largest absolute Gasteiger partial charge is 0.405 e. The molecule has 0 aromatic heterocycles. The Hall–Kier alpha value is -1.27. The minimum Gasteiger partial charge on any atom is -0.335 e. The van der Waals surface area contributed by atoms with Crippen molar-refractivity contribution in [2.45, 2.75) is 25.2 Å². The monoisotopic (exact) mass is 320 g/mol. The van der Waals surface area contributed by atoms with Gasteiger partial charge in [-0.25, -0.2) is 0 Å². The van der Waals surface area contributed by atoms with Gasteiger partial charge in [-0.05, 0) is 26.1 Å². The first-order valence-corrected chi connectivity index (χ1v) is 6.92. The highest BCUT2D eigenvalue weighted by Crippen LogP contribution is 2.30. The molecule has 1 fully saturated rings. The molecule has 1 aliphatic heterocycles. The van der Waals surface area contributed by atoms with E-state index in [1.807, 2.05) is 0 Å². The van der Waals surface area contributed by atoms with Crippen LogP contribution in [0.4, 0.5) is 13.2 Å². The highest BCUT2D eigenvalue weighted by molar-refractivity contribution is 6.33. The lowest BCUT2D eigenvalue weighted by Gasteiger charge is -2.44. The number of amides is 1. The van der Waals surface area contributed by atoms with Crippen molar-refractivity contribution in [2.75, 3.05) is 20.1 Å². The van der Waals surface area contributed by atoms with Crippen molar-refractivity contribution in [1.82, 2.24) is 9.80 Å². The fourth-order valence-corrected chi connectivity index (χ4v) is 2.69. The fraction of sp³-hybridized carbons (Fsp3) is 0.500. The van der Waals surface area contributed by atoms with Crippen LogP contribution in [-0.4, -0.2) is 54.1 Å². The molecular weight excluding hydrogens is 305 g/mol. The van der Waals surface area contributed by atoms with E-state index >= 15 is 0 Å². The Morgan fingerprint density at radius 1 is 1.29 bits per heavy atom. The van der Waals surface area contributed by atoms with Crippen LogP contribution in [0.3, 0.4) is 0 Å². The minimum atomic E-state index is -4.37. The van der Waals surface area contributed by atoms with E-state index in [9.17, 15) is 18.0 Å². The number of halogens is 4. The average molecular weight is 321 g/mol. The van der Waals surface area contributed by atoms with Crippen molar-refractivity contribution >= 4 is 17.5 Å². The summed E-state index contributed by atoms with van der Waals surface area (Å²) in [6, 6.07) is 4.35. The molecule has 1 aliphatic rings. The van der Waals surface area contributed by atoms with Gasteiger partial charge in [0.15, 0.2) is 0 Å². The molecule has 1 saturated heterocycles. The van der Waals surface area contributed by atoms with Crippen LogP contribution in [0.1, 0.15) is 17.3 Å². The second-order valence-electron chi connectivity index (χ2n) is 5.26. The van der Waals surface area contributed by atoms with Gasteiger partial charge in [0.05, 0.1) is 10.6 Å². The maximum Gasteiger partial charge on any atom is 0.405 e. The molecule has 0 N–H and O–H groups in total. The number of piperazine rings is 1. The van der Waals surface area contributed by atoms with Crippen LogP contribution >= 0.6 is 11.6 Å². The number of nitrogens with zero attached hydrogens (tertiary/aromatic N) is 2. The number of likely N-dealkylation sites (N-methyl/N-ethyl adjacent to an activating group) is 1. The van der Waals surface area contributed by atoms with Gasteiger partial charge >= 0.3 is 6.18 Å². The first-order chi connectivity index (χ1) is 9.71. The lowest BCUT2D eigenvalue weighted by atomic mass is 10.1. The lowest BCUT2D eigenvalue weighted by Crippen LogP contribution is -2.62. The summed E-state index contributed by atoms with van der Waals surface area (Å²) in [6.07, 6.45) is -4.37. The number of carbonyl (C=O) groups is 1. The maximum absolute atomic E-state index is 13.1. The van der Waals surface area contributed by atoms with Crippen LogP contribution < -0.4 is 0 Å². The van der Waals surface area contributed by atoms with Gasteiger partial charge in [0.1, 0.15) is 6.04 Å². The van der Waals surface area contributed by atoms with Crippen LogP contribution in [0.15, 0.2) is 24.3 Å². The van der Waals surface area contributed by atoms with Crippen molar-refractivity contribution < 1.29 is 18.0 Å². The highest BCUT2D eigenvalue weighted by Gasteiger charge is 2.48. The molecule has 0 bridgehead atoms. The summed E-state index contributed by atoms with van der Waals surface area (Å²) in [5, 5.41) is 0.248. The predicted octanol–water partition coefficient (Wildman–Crippen LogP) is 3.05. The average Bonchev–Trinajstić information content (AvgIpc) is 2.40. The molecular formula is C14H16ClF3N2O. The lowest BCUT2D eigenvalue weighted by molar-refractivity contribution is -0.197. The zero-order valence-corrected chi connectivity index (χ0v) is 12.4. The van der Waals surface area contributed by atoms with Gasteiger partial charge in [0, 0.05) is 19.1 Å². The van der Waals surface area contributed by atoms with E-state index in [0.717, 1.165) is 0 Å². The number of rotatable bonds is 1. The molecule has 21 heavy (non-hydrogen) atoms. The van der Waals surface area contributed by atoms with E-state index in [1.165, 1.54) is 22.9 Å². The molecule has 7 heteroatoms. The molecule has 3 nitrogen and oxygen atoms in total. The van der Waals surface area contributed by atoms with Crippen LogP contribution in [0.5, 0.6) is 0 Å². The number of alkyl halides is 3. The van der Waals surface area contributed by atoms with E-state index in [1.54, 1.807) is 25.1 Å². The zero-order valence-electron chi connectivity index (χ0n) is 11.7. The van der Waals surface area contributed by atoms with Crippen LogP contribution in [0.2, 0.25) is 5.02 Å². The second-order valence-corrected chi connectivity index (χ2v) is 5.67. The van der Waals surface area contributed by atoms with Crippen LogP contribution in [0.25, 0.3) is 0 Å². The molecule has 0 radical (unpaired) electrons. The third-order valence-corrected chi connectivity index (χ3v) is 4.16. The van der Waals surface area contributed by atoms with Crippen molar-refractivity contribution in [3.8, 4) is 0 Å². The van der Waals surface area contributed by atoms with Gasteiger partial charge in [-0.2, -0.15) is 13.2 Å². The molecule has 2 unspecified atom stereocenters. The number of carbonyl (C=O) groups excluding carboxylic acids is 1. The highest BCUT2D eigenvalue weighted by atomic mass is 35.5. The summed E-state index contributed by atoms with van der Waals surface area (Å²) < 4.78 is 39.2. The van der Waals surface area contributed by atoms with Crippen molar-refractivity contribution in [3.05, 3.63) is 34.9 Å². The molecule has 1 aromatic rings. The Bertz CT molecular complexity index is 535. The number of benzene rings is 1. The Balaban J connectivity index is 2.25. The Morgan fingerprint density at radius 3 is 2.48 bits per heavy atom. The van der Waals surface area contributed by atoms with Gasteiger partial charge in [-0.15, -0.1) is 0 Å². The first-order valence-electron chi connectivity index (χ1n) is 6.54. The zero-order chi connectivity index (χ0) is 15.8. The number of hydrogen-bond donors (Lipinski definition) is 0. The summed E-state index contributed by atoms with van der Waals surface area (Å²) in [4.78, 5) is 14.9. The minimum absolute atomic E-state index is 0.233. The molecule has 1 aromatic carbocycles. The Morgan fingerprint density at radius 2 is 1.90 bits per heavy atom. The normalized spacial score (nSPS) is 24.2. The Kier molecular flexibility index (Phi) is 4.49. The first kappa shape index (κ1) is 16.1. The SMILES string of the molecule is CC1CN(C(=O)c2ccccc2Cl)CC(C(F)(F)F)N1C. The van der Waals surface area contributed by atoms with E-state index in [4.69, 9.17) is 11.6 Å². The summed E-state index contributed by atoms with van der Waals surface area (Å²) in [5.41, 5.74) is 0.233. The standard InChI is InChI=1S/C14H16ClF3N2O/c1-9-7-20(8-12(19(9)2)14(16,17)18)13(21)10-5-3-4-6-11(10)15/h3-6,9,12H,7-8H2,1-2H3.